The number of hydrogen-bond donors (Lipinski definition) is 1. The predicted octanol–water partition coefficient (Wildman–Crippen LogP) is 4.61. The molecule has 0 aliphatic rings. The van der Waals surface area contributed by atoms with E-state index < -0.39 is 18.5 Å². The number of benzene rings is 2. The zero-order valence-electron chi connectivity index (χ0n) is 20.0. The average Bonchev–Trinajstić information content (AvgIpc) is 3.68. The third kappa shape index (κ3) is 5.81. The van der Waals surface area contributed by atoms with Gasteiger partial charge in [0.1, 0.15) is 5.82 Å². The largest absolute Gasteiger partial charge is 0.461 e. The Balaban J connectivity index is 1.20. The van der Waals surface area contributed by atoms with E-state index in [1.807, 2.05) is 61.5 Å². The lowest BCUT2D eigenvalue weighted by Gasteiger charge is -2.09. The monoisotopic (exact) mass is 497 g/mol. The number of esters is 1. The van der Waals surface area contributed by atoms with Crippen LogP contribution in [0.3, 0.4) is 0 Å². The SMILES string of the molecule is Cc1ccc(-c2cc(NC(=O)COC(=O)CCc3nc(-c4ccco4)no3)n(-c3ccccc3)n2)cc1. The minimum Gasteiger partial charge on any atom is -0.461 e. The van der Waals surface area contributed by atoms with E-state index in [1.54, 1.807) is 22.9 Å². The van der Waals surface area contributed by atoms with Crippen LogP contribution < -0.4 is 5.32 Å². The zero-order chi connectivity index (χ0) is 25.6. The molecule has 0 saturated heterocycles. The number of para-hydroxylation sites is 1. The molecule has 0 spiro atoms. The van der Waals surface area contributed by atoms with Crippen molar-refractivity contribution in [2.24, 2.45) is 0 Å². The Bertz CT molecular complexity index is 1490. The first kappa shape index (κ1) is 23.7. The van der Waals surface area contributed by atoms with Crippen LogP contribution in [0.1, 0.15) is 17.9 Å². The molecule has 3 heterocycles. The maximum Gasteiger partial charge on any atom is 0.306 e. The van der Waals surface area contributed by atoms with Crippen LogP contribution in [0.4, 0.5) is 5.82 Å². The Labute approximate surface area is 211 Å². The number of hydrogen-bond acceptors (Lipinski definition) is 8. The van der Waals surface area contributed by atoms with Crippen molar-refractivity contribution >= 4 is 17.7 Å². The lowest BCUT2D eigenvalue weighted by atomic mass is 10.1. The molecular weight excluding hydrogens is 474 g/mol. The fourth-order valence-corrected chi connectivity index (χ4v) is 3.57. The highest BCUT2D eigenvalue weighted by molar-refractivity contribution is 5.93. The number of aryl methyl sites for hydroxylation is 2. The van der Waals surface area contributed by atoms with E-state index in [-0.39, 0.29) is 18.7 Å². The summed E-state index contributed by atoms with van der Waals surface area (Å²) in [6, 6.07) is 22.6. The van der Waals surface area contributed by atoms with Crippen LogP contribution >= 0.6 is 0 Å². The van der Waals surface area contributed by atoms with Gasteiger partial charge in [0, 0.05) is 18.1 Å². The summed E-state index contributed by atoms with van der Waals surface area (Å²) < 4.78 is 17.1. The number of aromatic nitrogens is 4. The number of ether oxygens (including phenoxy) is 1. The first-order chi connectivity index (χ1) is 18.0. The maximum absolute atomic E-state index is 12.6. The van der Waals surface area contributed by atoms with Crippen molar-refractivity contribution in [3.05, 3.63) is 90.5 Å². The number of nitrogens with zero attached hydrogens (tertiary/aromatic N) is 4. The standard InChI is InChI=1S/C27H23N5O5/c1-18-9-11-19(12-10-18)21-16-23(32(30-21)20-6-3-2-4-7-20)28-24(33)17-36-26(34)14-13-25-29-27(31-37-25)22-8-5-15-35-22/h2-12,15-16H,13-14,17H2,1H3,(H,28,33). The number of amides is 1. The van der Waals surface area contributed by atoms with Crippen LogP contribution in [-0.2, 0) is 20.7 Å². The zero-order valence-corrected chi connectivity index (χ0v) is 20.0. The second-order valence-corrected chi connectivity index (χ2v) is 8.23. The molecule has 1 N–H and O–H groups in total. The maximum atomic E-state index is 12.6. The first-order valence-electron chi connectivity index (χ1n) is 11.6. The quantitative estimate of drug-likeness (QED) is 0.293. The van der Waals surface area contributed by atoms with Crippen molar-refractivity contribution < 1.29 is 23.3 Å². The molecule has 3 aromatic heterocycles. The molecule has 0 unspecified atom stereocenters. The molecule has 186 valence electrons. The van der Waals surface area contributed by atoms with Gasteiger partial charge in [-0.25, -0.2) is 4.68 Å². The van der Waals surface area contributed by atoms with Crippen LogP contribution in [0.2, 0.25) is 0 Å². The number of furan rings is 1. The van der Waals surface area contributed by atoms with Gasteiger partial charge in [-0.05, 0) is 31.2 Å². The van der Waals surface area contributed by atoms with Crippen molar-refractivity contribution in [1.82, 2.24) is 19.9 Å². The highest BCUT2D eigenvalue weighted by Crippen LogP contribution is 2.25. The van der Waals surface area contributed by atoms with Crippen molar-refractivity contribution in [3.8, 4) is 28.5 Å². The minimum absolute atomic E-state index is 0.0212. The molecule has 0 radical (unpaired) electrons. The summed E-state index contributed by atoms with van der Waals surface area (Å²) in [4.78, 5) is 29.0. The molecule has 10 heteroatoms. The van der Waals surface area contributed by atoms with Crippen LogP contribution in [-0.4, -0.2) is 38.4 Å². The summed E-state index contributed by atoms with van der Waals surface area (Å²) in [5.41, 5.74) is 3.53. The van der Waals surface area contributed by atoms with Crippen molar-refractivity contribution in [1.29, 1.82) is 0 Å². The summed E-state index contributed by atoms with van der Waals surface area (Å²) >= 11 is 0. The Morgan fingerprint density at radius 1 is 1.03 bits per heavy atom. The number of nitrogens with one attached hydrogen (secondary N) is 1. The van der Waals surface area contributed by atoms with Gasteiger partial charge in [0.05, 0.1) is 24.1 Å². The summed E-state index contributed by atoms with van der Waals surface area (Å²) in [6.45, 7) is 1.57. The van der Waals surface area contributed by atoms with Gasteiger partial charge in [0.25, 0.3) is 5.91 Å². The second kappa shape index (κ2) is 10.7. The topological polar surface area (TPSA) is 125 Å². The third-order valence-electron chi connectivity index (χ3n) is 5.44. The van der Waals surface area contributed by atoms with Crippen molar-refractivity contribution in [3.63, 3.8) is 0 Å². The number of carbonyl (C=O) groups is 2. The molecule has 0 aliphatic carbocycles. The van der Waals surface area contributed by atoms with Gasteiger partial charge in [-0.1, -0.05) is 53.2 Å². The molecule has 0 saturated carbocycles. The van der Waals surface area contributed by atoms with Gasteiger partial charge in [0.2, 0.25) is 11.7 Å². The fourth-order valence-electron chi connectivity index (χ4n) is 3.57. The summed E-state index contributed by atoms with van der Waals surface area (Å²) in [7, 11) is 0. The average molecular weight is 498 g/mol. The van der Waals surface area contributed by atoms with E-state index in [4.69, 9.17) is 13.7 Å². The second-order valence-electron chi connectivity index (χ2n) is 8.23. The van der Waals surface area contributed by atoms with Crippen LogP contribution in [0.15, 0.2) is 88.0 Å². The van der Waals surface area contributed by atoms with Gasteiger partial charge < -0.3 is 19.0 Å². The predicted molar refractivity (Wildman–Crippen MR) is 134 cm³/mol. The van der Waals surface area contributed by atoms with Crippen LogP contribution in [0.25, 0.3) is 28.5 Å². The van der Waals surface area contributed by atoms with E-state index >= 15 is 0 Å². The number of anilines is 1. The van der Waals surface area contributed by atoms with Gasteiger partial charge >= 0.3 is 5.97 Å². The summed E-state index contributed by atoms with van der Waals surface area (Å²) in [5.74, 6) is 0.438. The minimum atomic E-state index is -0.565. The number of carbonyl (C=O) groups excluding carboxylic acids is 2. The summed E-state index contributed by atoms with van der Waals surface area (Å²) in [6.07, 6.45) is 1.66. The molecule has 1 amide bonds. The normalized spacial score (nSPS) is 10.8. The van der Waals surface area contributed by atoms with Crippen LogP contribution in [0.5, 0.6) is 0 Å². The van der Waals surface area contributed by atoms with Gasteiger partial charge in [0.15, 0.2) is 12.4 Å². The Morgan fingerprint density at radius 3 is 2.59 bits per heavy atom. The molecule has 5 rings (SSSR count). The first-order valence-corrected chi connectivity index (χ1v) is 11.6. The smallest absolute Gasteiger partial charge is 0.306 e. The van der Waals surface area contributed by atoms with E-state index in [0.717, 1.165) is 16.8 Å². The number of rotatable bonds is 9. The molecule has 0 fully saturated rings. The van der Waals surface area contributed by atoms with E-state index in [1.165, 1.54) is 6.26 Å². The molecule has 10 nitrogen and oxygen atoms in total. The third-order valence-corrected chi connectivity index (χ3v) is 5.44. The lowest BCUT2D eigenvalue weighted by Crippen LogP contribution is -2.22. The molecule has 0 bridgehead atoms. The Hall–Kier alpha value is -4.99. The van der Waals surface area contributed by atoms with Crippen molar-refractivity contribution in [2.45, 2.75) is 19.8 Å². The van der Waals surface area contributed by atoms with E-state index in [9.17, 15) is 9.59 Å². The van der Waals surface area contributed by atoms with E-state index in [0.29, 0.717) is 23.1 Å². The molecule has 0 aliphatic heterocycles. The van der Waals surface area contributed by atoms with Gasteiger partial charge in [-0.2, -0.15) is 10.1 Å². The van der Waals surface area contributed by atoms with Crippen molar-refractivity contribution in [2.75, 3.05) is 11.9 Å². The molecule has 5 aromatic rings. The van der Waals surface area contributed by atoms with Gasteiger partial charge in [-0.3, -0.25) is 9.59 Å². The van der Waals surface area contributed by atoms with Crippen LogP contribution in [0, 0.1) is 6.92 Å². The Morgan fingerprint density at radius 2 is 1.84 bits per heavy atom. The molecule has 37 heavy (non-hydrogen) atoms. The lowest BCUT2D eigenvalue weighted by molar-refractivity contribution is -0.147. The molecule has 0 atom stereocenters. The Kier molecular flexibility index (Phi) is 6.89. The summed E-state index contributed by atoms with van der Waals surface area (Å²) in [5, 5.41) is 11.3. The highest BCUT2D eigenvalue weighted by Gasteiger charge is 2.16. The van der Waals surface area contributed by atoms with Gasteiger partial charge in [-0.15, -0.1) is 0 Å². The molecular formula is C27H23N5O5. The fraction of sp³-hybridized carbons (Fsp3) is 0.148. The van der Waals surface area contributed by atoms with E-state index in [2.05, 4.69) is 20.6 Å². The highest BCUT2D eigenvalue weighted by atomic mass is 16.5. The molecule has 2 aromatic carbocycles.